The smallest absolute Gasteiger partial charge is 0.253 e. The Bertz CT molecular complexity index is 865. The number of aryl methyl sites for hydroxylation is 2. The Balaban J connectivity index is 1.65. The summed E-state index contributed by atoms with van der Waals surface area (Å²) in [6, 6.07) is 17.2. The maximum absolute atomic E-state index is 13.5. The number of carbonyl (C=O) groups is 1. The maximum Gasteiger partial charge on any atom is 0.253 e. The summed E-state index contributed by atoms with van der Waals surface area (Å²) in [6.07, 6.45) is 4.51. The summed E-state index contributed by atoms with van der Waals surface area (Å²) >= 11 is 0. The topological polar surface area (TPSA) is 32.8 Å². The molecule has 0 aromatic heterocycles. The molecule has 4 heteroatoms. The minimum atomic E-state index is -0.393. The van der Waals surface area contributed by atoms with Crippen LogP contribution in [0.4, 0.5) is 0 Å². The van der Waals surface area contributed by atoms with Crippen LogP contribution < -0.4 is 0 Å². The second kappa shape index (κ2) is 12.9. The van der Waals surface area contributed by atoms with E-state index in [0.717, 1.165) is 26.1 Å². The van der Waals surface area contributed by atoms with E-state index in [0.29, 0.717) is 25.6 Å². The van der Waals surface area contributed by atoms with Crippen molar-refractivity contribution in [3.8, 4) is 0 Å². The van der Waals surface area contributed by atoms with Crippen molar-refractivity contribution >= 4 is 5.91 Å². The molecule has 1 aliphatic rings. The molecule has 0 spiro atoms. The lowest BCUT2D eigenvalue weighted by Gasteiger charge is -2.35. The van der Waals surface area contributed by atoms with Crippen molar-refractivity contribution in [1.82, 2.24) is 9.80 Å². The first-order valence-corrected chi connectivity index (χ1v) is 12.7. The SMILES string of the molecule is CCCCCc1ccc(CN(CC(C)C)C(=O)C2CN(Cc3ccccc3)CCO2)cc1C. The Morgan fingerprint density at radius 1 is 1.12 bits per heavy atom. The van der Waals surface area contributed by atoms with Gasteiger partial charge in [0.05, 0.1) is 6.61 Å². The predicted octanol–water partition coefficient (Wildman–Crippen LogP) is 5.61. The van der Waals surface area contributed by atoms with E-state index in [1.807, 2.05) is 11.0 Å². The number of benzene rings is 2. The molecule has 33 heavy (non-hydrogen) atoms. The standard InChI is InChI=1S/C29H42N2O2/c1-5-6-8-13-27-15-14-26(18-24(27)4)21-31(19-23(2)3)29(32)28-22-30(16-17-33-28)20-25-11-9-7-10-12-25/h7,9-12,14-15,18,23,28H,5-6,8,13,16-17,19-22H2,1-4H3. The zero-order valence-corrected chi connectivity index (χ0v) is 21.1. The van der Waals surface area contributed by atoms with Gasteiger partial charge >= 0.3 is 0 Å². The molecule has 3 rings (SSSR count). The number of morpholine rings is 1. The lowest BCUT2D eigenvalue weighted by atomic mass is 9.99. The second-order valence-corrected chi connectivity index (χ2v) is 9.91. The Labute approximate surface area is 200 Å². The second-order valence-electron chi connectivity index (χ2n) is 9.91. The largest absolute Gasteiger partial charge is 0.366 e. The number of carbonyl (C=O) groups excluding carboxylic acids is 1. The summed E-state index contributed by atoms with van der Waals surface area (Å²) in [6.45, 7) is 13.1. The van der Waals surface area contributed by atoms with Gasteiger partial charge in [0.25, 0.3) is 5.91 Å². The number of nitrogens with zero attached hydrogens (tertiary/aromatic N) is 2. The van der Waals surface area contributed by atoms with Crippen LogP contribution >= 0.6 is 0 Å². The molecule has 4 nitrogen and oxygen atoms in total. The van der Waals surface area contributed by atoms with Gasteiger partial charge in [-0.05, 0) is 47.9 Å². The molecule has 0 radical (unpaired) electrons. The average molecular weight is 451 g/mol. The number of rotatable bonds is 11. The van der Waals surface area contributed by atoms with Crippen LogP contribution in [-0.4, -0.2) is 48.1 Å². The van der Waals surface area contributed by atoms with E-state index in [1.54, 1.807) is 0 Å². The summed E-state index contributed by atoms with van der Waals surface area (Å²) in [7, 11) is 0. The van der Waals surface area contributed by atoms with E-state index in [1.165, 1.54) is 41.5 Å². The first-order chi connectivity index (χ1) is 16.0. The minimum Gasteiger partial charge on any atom is -0.366 e. The number of hydrogen-bond acceptors (Lipinski definition) is 3. The normalized spacial score (nSPS) is 16.8. The van der Waals surface area contributed by atoms with Gasteiger partial charge < -0.3 is 9.64 Å². The van der Waals surface area contributed by atoms with Gasteiger partial charge in [-0.15, -0.1) is 0 Å². The van der Waals surface area contributed by atoms with Gasteiger partial charge in [-0.1, -0.05) is 82.1 Å². The van der Waals surface area contributed by atoms with Crippen LogP contribution in [0.25, 0.3) is 0 Å². The lowest BCUT2D eigenvalue weighted by molar-refractivity contribution is -0.151. The van der Waals surface area contributed by atoms with E-state index in [-0.39, 0.29) is 5.91 Å². The van der Waals surface area contributed by atoms with Crippen LogP contribution in [0.2, 0.25) is 0 Å². The average Bonchev–Trinajstić information content (AvgIpc) is 2.80. The van der Waals surface area contributed by atoms with Crippen LogP contribution in [0.3, 0.4) is 0 Å². The highest BCUT2D eigenvalue weighted by molar-refractivity contribution is 5.81. The third kappa shape index (κ3) is 7.97. The molecular weight excluding hydrogens is 408 g/mol. The third-order valence-corrected chi connectivity index (χ3v) is 6.40. The maximum atomic E-state index is 13.5. The zero-order valence-electron chi connectivity index (χ0n) is 21.1. The molecule has 180 valence electrons. The molecule has 0 saturated carbocycles. The summed E-state index contributed by atoms with van der Waals surface area (Å²) < 4.78 is 5.97. The fourth-order valence-electron chi connectivity index (χ4n) is 4.64. The van der Waals surface area contributed by atoms with Crippen molar-refractivity contribution in [3.63, 3.8) is 0 Å². The molecule has 1 aliphatic heterocycles. The molecule has 0 aliphatic carbocycles. The van der Waals surface area contributed by atoms with Crippen molar-refractivity contribution < 1.29 is 9.53 Å². The first-order valence-electron chi connectivity index (χ1n) is 12.7. The van der Waals surface area contributed by atoms with Crippen LogP contribution in [0.15, 0.2) is 48.5 Å². The van der Waals surface area contributed by atoms with Gasteiger partial charge in [0, 0.05) is 32.7 Å². The molecule has 2 aromatic rings. The fourth-order valence-corrected chi connectivity index (χ4v) is 4.64. The van der Waals surface area contributed by atoms with Crippen molar-refractivity contribution in [2.45, 2.75) is 72.6 Å². The van der Waals surface area contributed by atoms with Gasteiger partial charge in [-0.3, -0.25) is 9.69 Å². The molecule has 1 unspecified atom stereocenters. The van der Waals surface area contributed by atoms with Crippen molar-refractivity contribution in [2.75, 3.05) is 26.2 Å². The predicted molar refractivity (Wildman–Crippen MR) is 136 cm³/mol. The Hall–Kier alpha value is -2.17. The summed E-state index contributed by atoms with van der Waals surface area (Å²) in [5.74, 6) is 0.526. The monoisotopic (exact) mass is 450 g/mol. The highest BCUT2D eigenvalue weighted by Gasteiger charge is 2.30. The van der Waals surface area contributed by atoms with Gasteiger partial charge in [0.2, 0.25) is 0 Å². The molecule has 1 heterocycles. The lowest BCUT2D eigenvalue weighted by Crippen LogP contribution is -2.51. The van der Waals surface area contributed by atoms with Crippen LogP contribution in [0.5, 0.6) is 0 Å². The van der Waals surface area contributed by atoms with Crippen molar-refractivity contribution in [3.05, 3.63) is 70.8 Å². The van der Waals surface area contributed by atoms with Crippen molar-refractivity contribution in [1.29, 1.82) is 0 Å². The molecule has 0 N–H and O–H groups in total. The minimum absolute atomic E-state index is 0.117. The third-order valence-electron chi connectivity index (χ3n) is 6.40. The first kappa shape index (κ1) is 25.5. The van der Waals surface area contributed by atoms with E-state index >= 15 is 0 Å². The number of amides is 1. The molecule has 1 saturated heterocycles. The van der Waals surface area contributed by atoms with E-state index in [9.17, 15) is 4.79 Å². The Morgan fingerprint density at radius 3 is 2.61 bits per heavy atom. The Morgan fingerprint density at radius 2 is 1.91 bits per heavy atom. The summed E-state index contributed by atoms with van der Waals surface area (Å²) in [4.78, 5) is 17.9. The van der Waals surface area contributed by atoms with Crippen LogP contribution in [0, 0.1) is 12.8 Å². The quantitative estimate of drug-likeness (QED) is 0.417. The van der Waals surface area contributed by atoms with Gasteiger partial charge in [0.1, 0.15) is 6.10 Å². The number of unbranched alkanes of at least 4 members (excludes halogenated alkanes) is 2. The summed E-state index contributed by atoms with van der Waals surface area (Å²) in [5.41, 5.74) is 5.25. The van der Waals surface area contributed by atoms with Gasteiger partial charge in [-0.2, -0.15) is 0 Å². The fraction of sp³-hybridized carbons (Fsp3) is 0.552. The number of ether oxygens (including phenoxy) is 1. The molecular formula is C29H42N2O2. The molecule has 1 fully saturated rings. The van der Waals surface area contributed by atoms with Gasteiger partial charge in [-0.25, -0.2) is 0 Å². The molecule has 1 atom stereocenters. The summed E-state index contributed by atoms with van der Waals surface area (Å²) in [5, 5.41) is 0. The van der Waals surface area contributed by atoms with Crippen LogP contribution in [-0.2, 0) is 29.0 Å². The zero-order chi connectivity index (χ0) is 23.6. The van der Waals surface area contributed by atoms with Crippen molar-refractivity contribution in [2.24, 2.45) is 5.92 Å². The van der Waals surface area contributed by atoms with E-state index < -0.39 is 6.10 Å². The Kier molecular flexibility index (Phi) is 9.95. The number of hydrogen-bond donors (Lipinski definition) is 0. The molecule has 2 aromatic carbocycles. The van der Waals surface area contributed by atoms with E-state index in [2.05, 4.69) is 75.1 Å². The molecule has 1 amide bonds. The highest BCUT2D eigenvalue weighted by atomic mass is 16.5. The highest BCUT2D eigenvalue weighted by Crippen LogP contribution is 2.19. The molecule has 0 bridgehead atoms. The van der Waals surface area contributed by atoms with Crippen LogP contribution in [0.1, 0.15) is 62.3 Å². The van der Waals surface area contributed by atoms with Gasteiger partial charge in [0.15, 0.2) is 0 Å². The van der Waals surface area contributed by atoms with E-state index in [4.69, 9.17) is 4.74 Å².